The van der Waals surface area contributed by atoms with Gasteiger partial charge in [0.15, 0.2) is 0 Å². The Hall–Kier alpha value is -3.36. The zero-order valence-corrected chi connectivity index (χ0v) is 17.1. The van der Waals surface area contributed by atoms with Crippen LogP contribution in [0.15, 0.2) is 54.0 Å². The SMILES string of the molecule is Cn1cnc2c(c(-c3ccc(O)c(Cl)c3)cn2CC(=O)Nc2ccncc2Cl)c1=O. The molecule has 4 aromatic rings. The van der Waals surface area contributed by atoms with Crippen molar-refractivity contribution in [1.82, 2.24) is 19.1 Å². The van der Waals surface area contributed by atoms with Crippen LogP contribution < -0.4 is 10.9 Å². The smallest absolute Gasteiger partial charge is 0.263 e. The third-order valence-electron chi connectivity index (χ3n) is 4.56. The molecule has 1 amide bonds. The van der Waals surface area contributed by atoms with E-state index in [1.54, 1.807) is 36.0 Å². The summed E-state index contributed by atoms with van der Waals surface area (Å²) in [6.45, 7) is -0.0961. The van der Waals surface area contributed by atoms with E-state index >= 15 is 0 Å². The third-order valence-corrected chi connectivity index (χ3v) is 5.16. The molecule has 0 radical (unpaired) electrons. The van der Waals surface area contributed by atoms with Crippen molar-refractivity contribution in [1.29, 1.82) is 0 Å². The highest BCUT2D eigenvalue weighted by Gasteiger charge is 2.18. The van der Waals surface area contributed by atoms with Gasteiger partial charge >= 0.3 is 0 Å². The number of carbonyl (C=O) groups excluding carboxylic acids is 1. The highest BCUT2D eigenvalue weighted by molar-refractivity contribution is 6.33. The predicted molar refractivity (Wildman–Crippen MR) is 115 cm³/mol. The van der Waals surface area contributed by atoms with E-state index in [2.05, 4.69) is 15.3 Å². The molecule has 3 heterocycles. The molecule has 0 saturated heterocycles. The fourth-order valence-electron chi connectivity index (χ4n) is 3.10. The Kier molecular flexibility index (Phi) is 5.19. The van der Waals surface area contributed by atoms with Crippen molar-refractivity contribution in [3.05, 3.63) is 69.6 Å². The molecule has 10 heteroatoms. The molecule has 0 saturated carbocycles. The van der Waals surface area contributed by atoms with Crippen LogP contribution in [0.4, 0.5) is 5.69 Å². The van der Waals surface area contributed by atoms with Gasteiger partial charge in [0.25, 0.3) is 5.56 Å². The fourth-order valence-corrected chi connectivity index (χ4v) is 3.45. The van der Waals surface area contributed by atoms with E-state index in [0.717, 1.165) is 0 Å². The maximum absolute atomic E-state index is 12.8. The summed E-state index contributed by atoms with van der Waals surface area (Å²) in [6.07, 6.45) is 6.01. The maximum Gasteiger partial charge on any atom is 0.263 e. The average Bonchev–Trinajstić information content (AvgIpc) is 3.07. The van der Waals surface area contributed by atoms with E-state index in [1.165, 1.54) is 29.4 Å². The molecule has 0 spiro atoms. The Morgan fingerprint density at radius 3 is 2.77 bits per heavy atom. The second kappa shape index (κ2) is 7.81. The van der Waals surface area contributed by atoms with Crippen LogP contribution in [0.25, 0.3) is 22.2 Å². The van der Waals surface area contributed by atoms with Crippen molar-refractivity contribution in [3.63, 3.8) is 0 Å². The first-order valence-corrected chi connectivity index (χ1v) is 9.53. The lowest BCUT2D eigenvalue weighted by Gasteiger charge is -2.08. The minimum atomic E-state index is -0.349. The monoisotopic (exact) mass is 443 g/mol. The number of rotatable bonds is 4. The van der Waals surface area contributed by atoms with Crippen LogP contribution in [0, 0.1) is 0 Å². The molecule has 8 nitrogen and oxygen atoms in total. The molecule has 4 rings (SSSR count). The van der Waals surface area contributed by atoms with Gasteiger partial charge in [-0.3, -0.25) is 14.6 Å². The second-order valence-corrected chi connectivity index (χ2v) is 7.41. The summed E-state index contributed by atoms with van der Waals surface area (Å²) in [7, 11) is 1.60. The Morgan fingerprint density at radius 1 is 1.23 bits per heavy atom. The Balaban J connectivity index is 1.78. The van der Waals surface area contributed by atoms with E-state index in [0.29, 0.717) is 32.9 Å². The number of pyridine rings is 1. The lowest BCUT2D eigenvalue weighted by molar-refractivity contribution is -0.116. The molecule has 2 N–H and O–H groups in total. The number of amides is 1. The number of benzene rings is 1. The molecular weight excluding hydrogens is 429 g/mol. The number of phenols is 1. The molecule has 3 aromatic heterocycles. The van der Waals surface area contributed by atoms with Crippen molar-refractivity contribution >= 4 is 45.8 Å². The van der Waals surface area contributed by atoms with E-state index in [1.807, 2.05) is 0 Å². The number of hydrogen-bond donors (Lipinski definition) is 2. The van der Waals surface area contributed by atoms with Crippen LogP contribution in [-0.4, -0.2) is 30.1 Å². The molecule has 0 atom stereocenters. The minimum Gasteiger partial charge on any atom is -0.506 e. The summed E-state index contributed by atoms with van der Waals surface area (Å²) in [5, 5.41) is 13.2. The lowest BCUT2D eigenvalue weighted by atomic mass is 10.1. The van der Waals surface area contributed by atoms with Gasteiger partial charge in [0.2, 0.25) is 5.91 Å². The standard InChI is InChI=1S/C20H15Cl2N5O3/c1-26-10-24-19-18(20(26)30)12(11-2-3-16(28)13(21)6-11)8-27(19)9-17(29)25-15-4-5-23-7-14(15)22/h2-8,10,28H,9H2,1H3,(H,23,25,29). The second-order valence-electron chi connectivity index (χ2n) is 6.60. The van der Waals surface area contributed by atoms with Crippen LogP contribution in [0.3, 0.4) is 0 Å². The lowest BCUT2D eigenvalue weighted by Crippen LogP contribution is -2.20. The van der Waals surface area contributed by atoms with E-state index in [4.69, 9.17) is 23.2 Å². The van der Waals surface area contributed by atoms with Crippen molar-refractivity contribution in [3.8, 4) is 16.9 Å². The number of aromatic hydroxyl groups is 1. The van der Waals surface area contributed by atoms with Crippen LogP contribution >= 0.6 is 23.2 Å². The number of aromatic nitrogens is 4. The first-order valence-electron chi connectivity index (χ1n) is 8.78. The first-order chi connectivity index (χ1) is 14.3. The summed E-state index contributed by atoms with van der Waals surface area (Å²) in [6, 6.07) is 6.23. The van der Waals surface area contributed by atoms with Gasteiger partial charge in [-0.1, -0.05) is 29.3 Å². The van der Waals surface area contributed by atoms with Gasteiger partial charge < -0.3 is 19.6 Å². The van der Waals surface area contributed by atoms with Gasteiger partial charge in [0, 0.05) is 31.2 Å². The zero-order valence-electron chi connectivity index (χ0n) is 15.6. The van der Waals surface area contributed by atoms with Crippen LogP contribution in [0.2, 0.25) is 10.0 Å². The quantitative estimate of drug-likeness (QED) is 0.502. The number of fused-ring (bicyclic) bond motifs is 1. The summed E-state index contributed by atoms with van der Waals surface area (Å²) in [5.74, 6) is -0.415. The highest BCUT2D eigenvalue weighted by atomic mass is 35.5. The number of phenolic OH excluding ortho intramolecular Hbond substituents is 1. The third kappa shape index (κ3) is 3.62. The van der Waals surface area contributed by atoms with Crippen molar-refractivity contribution in [2.75, 3.05) is 5.32 Å². The number of nitrogens with zero attached hydrogens (tertiary/aromatic N) is 4. The van der Waals surface area contributed by atoms with Gasteiger partial charge in [0.1, 0.15) is 17.9 Å². The molecule has 0 unspecified atom stereocenters. The minimum absolute atomic E-state index is 0.0659. The van der Waals surface area contributed by atoms with Crippen molar-refractivity contribution in [2.24, 2.45) is 7.05 Å². The predicted octanol–water partition coefficient (Wildman–Crippen LogP) is 3.45. The highest BCUT2D eigenvalue weighted by Crippen LogP contribution is 2.33. The van der Waals surface area contributed by atoms with Crippen LogP contribution in [0.5, 0.6) is 5.75 Å². The first kappa shape index (κ1) is 19.9. The van der Waals surface area contributed by atoms with Gasteiger partial charge in [-0.2, -0.15) is 0 Å². The Morgan fingerprint density at radius 2 is 2.03 bits per heavy atom. The van der Waals surface area contributed by atoms with Crippen LogP contribution in [0.1, 0.15) is 0 Å². The summed E-state index contributed by atoms with van der Waals surface area (Å²) >= 11 is 12.1. The molecule has 0 aliphatic rings. The van der Waals surface area contributed by atoms with Gasteiger partial charge in [-0.05, 0) is 23.8 Å². The number of nitrogens with one attached hydrogen (secondary N) is 1. The fraction of sp³-hybridized carbons (Fsp3) is 0.100. The molecule has 0 aliphatic carbocycles. The number of hydrogen-bond acceptors (Lipinski definition) is 5. The molecule has 152 valence electrons. The van der Waals surface area contributed by atoms with E-state index in [9.17, 15) is 14.7 Å². The van der Waals surface area contributed by atoms with Crippen molar-refractivity contribution in [2.45, 2.75) is 6.54 Å². The van der Waals surface area contributed by atoms with Crippen molar-refractivity contribution < 1.29 is 9.90 Å². The zero-order chi connectivity index (χ0) is 21.4. The van der Waals surface area contributed by atoms with Gasteiger partial charge in [-0.15, -0.1) is 0 Å². The van der Waals surface area contributed by atoms with Gasteiger partial charge in [0.05, 0.1) is 27.4 Å². The number of aryl methyl sites for hydroxylation is 1. The summed E-state index contributed by atoms with van der Waals surface area (Å²) < 4.78 is 2.94. The number of anilines is 1. The Bertz CT molecular complexity index is 1350. The number of carbonyl (C=O) groups is 1. The summed E-state index contributed by atoms with van der Waals surface area (Å²) in [4.78, 5) is 33.6. The molecule has 30 heavy (non-hydrogen) atoms. The largest absolute Gasteiger partial charge is 0.506 e. The maximum atomic E-state index is 12.8. The molecular formula is C20H15Cl2N5O3. The molecule has 1 aromatic carbocycles. The Labute approximate surface area is 180 Å². The summed E-state index contributed by atoms with van der Waals surface area (Å²) in [5.41, 5.74) is 1.69. The molecule has 0 fully saturated rings. The normalized spacial score (nSPS) is 11.0. The average molecular weight is 444 g/mol. The molecule has 0 bridgehead atoms. The van der Waals surface area contributed by atoms with Crippen LogP contribution in [-0.2, 0) is 18.4 Å². The molecule has 0 aliphatic heterocycles. The van der Waals surface area contributed by atoms with E-state index < -0.39 is 0 Å². The topological polar surface area (TPSA) is 102 Å². The van der Waals surface area contributed by atoms with Gasteiger partial charge in [-0.25, -0.2) is 4.98 Å². The number of halogens is 2. The van der Waals surface area contributed by atoms with E-state index in [-0.39, 0.29) is 28.8 Å².